The van der Waals surface area contributed by atoms with Crippen molar-refractivity contribution in [2.45, 2.75) is 26.9 Å². The minimum Gasteiger partial charge on any atom is -0.312 e. The van der Waals surface area contributed by atoms with Gasteiger partial charge in [0.2, 0.25) is 0 Å². The molecule has 1 fully saturated rings. The Kier molecular flexibility index (Phi) is 6.21. The van der Waals surface area contributed by atoms with Gasteiger partial charge in [0, 0.05) is 37.7 Å². The molecule has 0 spiro atoms. The third-order valence-electron chi connectivity index (χ3n) is 3.48. The molecule has 1 aromatic rings. The van der Waals surface area contributed by atoms with Crippen molar-refractivity contribution in [2.24, 2.45) is 5.92 Å². The SMILES string of the molecule is CC(C)CNCc1ccccc1CN1CCSCC1. The first-order valence-corrected chi connectivity index (χ1v) is 8.49. The Morgan fingerprint density at radius 3 is 2.53 bits per heavy atom. The van der Waals surface area contributed by atoms with Crippen LogP contribution in [-0.2, 0) is 13.1 Å². The molecule has 1 aliphatic heterocycles. The Labute approximate surface area is 122 Å². The van der Waals surface area contributed by atoms with Gasteiger partial charge in [-0.15, -0.1) is 0 Å². The molecule has 0 unspecified atom stereocenters. The van der Waals surface area contributed by atoms with Gasteiger partial charge in [0.25, 0.3) is 0 Å². The zero-order valence-electron chi connectivity index (χ0n) is 12.2. The molecule has 2 nitrogen and oxygen atoms in total. The quantitative estimate of drug-likeness (QED) is 0.861. The summed E-state index contributed by atoms with van der Waals surface area (Å²) in [4.78, 5) is 2.58. The van der Waals surface area contributed by atoms with Crippen LogP contribution in [0.5, 0.6) is 0 Å². The van der Waals surface area contributed by atoms with Gasteiger partial charge in [0.1, 0.15) is 0 Å². The van der Waals surface area contributed by atoms with Crippen LogP contribution in [0.4, 0.5) is 0 Å². The molecule has 1 aromatic carbocycles. The van der Waals surface area contributed by atoms with E-state index in [1.807, 2.05) is 0 Å². The molecule has 1 heterocycles. The monoisotopic (exact) mass is 278 g/mol. The van der Waals surface area contributed by atoms with Crippen LogP contribution in [-0.4, -0.2) is 36.0 Å². The number of benzene rings is 1. The van der Waals surface area contributed by atoms with E-state index in [-0.39, 0.29) is 0 Å². The third-order valence-corrected chi connectivity index (χ3v) is 4.43. The predicted molar refractivity (Wildman–Crippen MR) is 85.6 cm³/mol. The second-order valence-corrected chi connectivity index (χ2v) is 6.91. The second kappa shape index (κ2) is 7.93. The summed E-state index contributed by atoms with van der Waals surface area (Å²) in [6.07, 6.45) is 0. The highest BCUT2D eigenvalue weighted by Crippen LogP contribution is 2.16. The molecular weight excluding hydrogens is 252 g/mol. The fourth-order valence-electron chi connectivity index (χ4n) is 2.38. The summed E-state index contributed by atoms with van der Waals surface area (Å²) >= 11 is 2.08. The Hall–Kier alpha value is -0.510. The summed E-state index contributed by atoms with van der Waals surface area (Å²) in [6, 6.07) is 8.87. The van der Waals surface area contributed by atoms with Crippen LogP contribution in [0.15, 0.2) is 24.3 Å². The van der Waals surface area contributed by atoms with E-state index in [9.17, 15) is 0 Å². The van der Waals surface area contributed by atoms with Gasteiger partial charge in [-0.05, 0) is 23.6 Å². The maximum absolute atomic E-state index is 3.56. The van der Waals surface area contributed by atoms with Crippen molar-refractivity contribution in [3.8, 4) is 0 Å². The van der Waals surface area contributed by atoms with E-state index in [2.05, 4.69) is 60.1 Å². The predicted octanol–water partition coefficient (Wildman–Crippen LogP) is 2.98. The van der Waals surface area contributed by atoms with Crippen molar-refractivity contribution in [1.82, 2.24) is 10.2 Å². The summed E-state index contributed by atoms with van der Waals surface area (Å²) in [5.74, 6) is 3.29. The van der Waals surface area contributed by atoms with Crippen LogP contribution in [0.3, 0.4) is 0 Å². The van der Waals surface area contributed by atoms with Crippen LogP contribution in [0.25, 0.3) is 0 Å². The minimum atomic E-state index is 0.714. The van der Waals surface area contributed by atoms with Crippen LogP contribution in [0, 0.1) is 5.92 Å². The zero-order valence-corrected chi connectivity index (χ0v) is 13.0. The lowest BCUT2D eigenvalue weighted by atomic mass is 10.1. The van der Waals surface area contributed by atoms with Crippen LogP contribution < -0.4 is 5.32 Å². The van der Waals surface area contributed by atoms with Crippen molar-refractivity contribution < 1.29 is 0 Å². The van der Waals surface area contributed by atoms with E-state index < -0.39 is 0 Å². The number of hydrogen-bond donors (Lipinski definition) is 1. The van der Waals surface area contributed by atoms with Crippen molar-refractivity contribution in [2.75, 3.05) is 31.1 Å². The summed E-state index contributed by atoms with van der Waals surface area (Å²) in [7, 11) is 0. The van der Waals surface area contributed by atoms with E-state index in [0.29, 0.717) is 5.92 Å². The third kappa shape index (κ3) is 5.17. The zero-order chi connectivity index (χ0) is 13.5. The number of rotatable bonds is 6. The molecule has 3 heteroatoms. The fourth-order valence-corrected chi connectivity index (χ4v) is 3.36. The molecule has 1 saturated heterocycles. The van der Waals surface area contributed by atoms with Crippen LogP contribution in [0.2, 0.25) is 0 Å². The topological polar surface area (TPSA) is 15.3 Å². The lowest BCUT2D eigenvalue weighted by Gasteiger charge is -2.27. The lowest BCUT2D eigenvalue weighted by molar-refractivity contribution is 0.293. The lowest BCUT2D eigenvalue weighted by Crippen LogP contribution is -2.32. The summed E-state index contributed by atoms with van der Waals surface area (Å²) < 4.78 is 0. The van der Waals surface area contributed by atoms with Crippen molar-refractivity contribution in [3.63, 3.8) is 0 Å². The molecule has 1 aliphatic rings. The molecule has 19 heavy (non-hydrogen) atoms. The molecule has 0 bridgehead atoms. The maximum atomic E-state index is 3.56. The molecular formula is C16H26N2S. The smallest absolute Gasteiger partial charge is 0.0237 e. The van der Waals surface area contributed by atoms with Gasteiger partial charge >= 0.3 is 0 Å². The van der Waals surface area contributed by atoms with Gasteiger partial charge in [-0.25, -0.2) is 0 Å². The molecule has 0 radical (unpaired) electrons. The van der Waals surface area contributed by atoms with E-state index in [0.717, 1.165) is 19.6 Å². The minimum absolute atomic E-state index is 0.714. The normalized spacial score (nSPS) is 17.0. The maximum Gasteiger partial charge on any atom is 0.0237 e. The van der Waals surface area contributed by atoms with Gasteiger partial charge in [0.05, 0.1) is 0 Å². The molecule has 0 atom stereocenters. The standard InChI is InChI=1S/C16H26N2S/c1-14(2)11-17-12-15-5-3-4-6-16(15)13-18-7-9-19-10-8-18/h3-6,14,17H,7-13H2,1-2H3. The Balaban J connectivity index is 1.91. The van der Waals surface area contributed by atoms with Crippen molar-refractivity contribution >= 4 is 11.8 Å². The fraction of sp³-hybridized carbons (Fsp3) is 0.625. The molecule has 0 aromatic heterocycles. The number of hydrogen-bond acceptors (Lipinski definition) is 3. The summed E-state index contributed by atoms with van der Waals surface area (Å²) in [6.45, 7) is 10.2. The second-order valence-electron chi connectivity index (χ2n) is 5.68. The first-order valence-electron chi connectivity index (χ1n) is 7.33. The average molecular weight is 278 g/mol. The number of nitrogens with one attached hydrogen (secondary N) is 1. The van der Waals surface area contributed by atoms with E-state index >= 15 is 0 Å². The van der Waals surface area contributed by atoms with Gasteiger partial charge in [0.15, 0.2) is 0 Å². The highest BCUT2D eigenvalue weighted by Gasteiger charge is 2.12. The number of thioether (sulfide) groups is 1. The van der Waals surface area contributed by atoms with E-state index in [1.165, 1.54) is 35.7 Å². The highest BCUT2D eigenvalue weighted by atomic mass is 32.2. The highest BCUT2D eigenvalue weighted by molar-refractivity contribution is 7.99. The van der Waals surface area contributed by atoms with Crippen molar-refractivity contribution in [3.05, 3.63) is 35.4 Å². The Morgan fingerprint density at radius 2 is 1.84 bits per heavy atom. The average Bonchev–Trinajstić information content (AvgIpc) is 2.41. The first-order chi connectivity index (χ1) is 9.25. The Bertz CT molecular complexity index is 373. The molecule has 106 valence electrons. The Morgan fingerprint density at radius 1 is 1.16 bits per heavy atom. The molecule has 0 saturated carbocycles. The largest absolute Gasteiger partial charge is 0.312 e. The summed E-state index contributed by atoms with van der Waals surface area (Å²) in [5.41, 5.74) is 2.95. The van der Waals surface area contributed by atoms with E-state index in [1.54, 1.807) is 0 Å². The van der Waals surface area contributed by atoms with Gasteiger partial charge in [-0.1, -0.05) is 38.1 Å². The van der Waals surface area contributed by atoms with Gasteiger partial charge in [-0.3, -0.25) is 4.90 Å². The molecule has 2 rings (SSSR count). The van der Waals surface area contributed by atoms with Gasteiger partial charge in [-0.2, -0.15) is 11.8 Å². The first kappa shape index (κ1) is 14.9. The van der Waals surface area contributed by atoms with E-state index in [4.69, 9.17) is 0 Å². The van der Waals surface area contributed by atoms with Crippen molar-refractivity contribution in [1.29, 1.82) is 0 Å². The van der Waals surface area contributed by atoms with Crippen LogP contribution >= 0.6 is 11.8 Å². The van der Waals surface area contributed by atoms with Crippen LogP contribution in [0.1, 0.15) is 25.0 Å². The molecule has 0 amide bonds. The summed E-state index contributed by atoms with van der Waals surface area (Å²) in [5, 5.41) is 3.56. The van der Waals surface area contributed by atoms with Gasteiger partial charge < -0.3 is 5.32 Å². The molecule has 1 N–H and O–H groups in total. The molecule has 0 aliphatic carbocycles. The number of nitrogens with zero attached hydrogens (tertiary/aromatic N) is 1.